The summed E-state index contributed by atoms with van der Waals surface area (Å²) in [7, 11) is 1.91. The van der Waals surface area contributed by atoms with Crippen LogP contribution < -0.4 is 5.73 Å². The second-order valence-electron chi connectivity index (χ2n) is 4.08. The van der Waals surface area contributed by atoms with Crippen LogP contribution in [0.4, 0.5) is 10.1 Å². The molecule has 0 saturated heterocycles. The first kappa shape index (κ1) is 13.0. The highest BCUT2D eigenvalue weighted by Crippen LogP contribution is 2.26. The van der Waals surface area contributed by atoms with Gasteiger partial charge in [0.15, 0.2) is 0 Å². The Morgan fingerprint density at radius 3 is 2.78 bits per heavy atom. The Bertz CT molecular complexity index is 551. The molecule has 0 fully saturated rings. The average Bonchev–Trinajstić information content (AvgIpc) is 2.69. The maximum absolute atomic E-state index is 13.6. The zero-order valence-corrected chi connectivity index (χ0v) is 11.3. The number of benzene rings is 1. The van der Waals surface area contributed by atoms with E-state index in [0.29, 0.717) is 16.3 Å². The Kier molecular flexibility index (Phi) is 3.91. The standard InChI is InChI=1S/C13H16FN3S/c1-3-10-7-11(17(2)16-10)8-18-13-5-4-9(15)6-12(13)14/h4-7H,3,8,15H2,1-2H3. The van der Waals surface area contributed by atoms with E-state index >= 15 is 0 Å². The van der Waals surface area contributed by atoms with Crippen LogP contribution in [0.5, 0.6) is 0 Å². The molecule has 0 atom stereocenters. The van der Waals surface area contributed by atoms with Gasteiger partial charge in [0, 0.05) is 29.1 Å². The third-order valence-electron chi connectivity index (χ3n) is 2.72. The number of hydrogen-bond donors (Lipinski definition) is 1. The van der Waals surface area contributed by atoms with E-state index in [9.17, 15) is 4.39 Å². The molecule has 0 aliphatic heterocycles. The van der Waals surface area contributed by atoms with Gasteiger partial charge in [0.05, 0.1) is 5.69 Å². The Balaban J connectivity index is 2.08. The molecular weight excluding hydrogens is 249 g/mol. The lowest BCUT2D eigenvalue weighted by Crippen LogP contribution is -1.97. The fourth-order valence-corrected chi connectivity index (χ4v) is 2.60. The summed E-state index contributed by atoms with van der Waals surface area (Å²) in [6.07, 6.45) is 0.911. The van der Waals surface area contributed by atoms with E-state index in [2.05, 4.69) is 18.1 Å². The number of rotatable bonds is 4. The zero-order valence-electron chi connectivity index (χ0n) is 10.5. The molecule has 0 unspecified atom stereocenters. The first-order valence-electron chi connectivity index (χ1n) is 5.79. The lowest BCUT2D eigenvalue weighted by molar-refractivity contribution is 0.602. The highest BCUT2D eigenvalue weighted by molar-refractivity contribution is 7.98. The van der Waals surface area contributed by atoms with Crippen molar-refractivity contribution in [1.82, 2.24) is 9.78 Å². The van der Waals surface area contributed by atoms with Gasteiger partial charge in [-0.15, -0.1) is 11.8 Å². The molecule has 18 heavy (non-hydrogen) atoms. The highest BCUT2D eigenvalue weighted by Gasteiger charge is 2.07. The van der Waals surface area contributed by atoms with Gasteiger partial charge in [-0.2, -0.15) is 5.10 Å². The van der Waals surface area contributed by atoms with E-state index in [1.807, 2.05) is 11.7 Å². The van der Waals surface area contributed by atoms with Crippen molar-refractivity contribution in [3.05, 3.63) is 41.5 Å². The minimum Gasteiger partial charge on any atom is -0.399 e. The molecule has 0 aliphatic rings. The van der Waals surface area contributed by atoms with Gasteiger partial charge in [-0.25, -0.2) is 4.39 Å². The molecular formula is C13H16FN3S. The van der Waals surface area contributed by atoms with Crippen LogP contribution >= 0.6 is 11.8 Å². The van der Waals surface area contributed by atoms with Gasteiger partial charge in [-0.05, 0) is 30.7 Å². The van der Waals surface area contributed by atoms with Crippen LogP contribution in [0.2, 0.25) is 0 Å². The summed E-state index contributed by atoms with van der Waals surface area (Å²) < 4.78 is 15.5. The van der Waals surface area contributed by atoms with Crippen LogP contribution in [-0.2, 0) is 19.2 Å². The molecule has 1 aromatic carbocycles. The van der Waals surface area contributed by atoms with E-state index in [-0.39, 0.29) is 5.82 Å². The summed E-state index contributed by atoms with van der Waals surface area (Å²) in [5.74, 6) is 0.433. The molecule has 2 N–H and O–H groups in total. The lowest BCUT2D eigenvalue weighted by Gasteiger charge is -2.04. The third-order valence-corrected chi connectivity index (χ3v) is 3.80. The van der Waals surface area contributed by atoms with Crippen molar-refractivity contribution >= 4 is 17.4 Å². The number of halogens is 1. The summed E-state index contributed by atoms with van der Waals surface area (Å²) >= 11 is 1.46. The van der Waals surface area contributed by atoms with E-state index in [4.69, 9.17) is 5.73 Å². The van der Waals surface area contributed by atoms with Crippen molar-refractivity contribution in [2.45, 2.75) is 24.0 Å². The summed E-state index contributed by atoms with van der Waals surface area (Å²) in [5, 5.41) is 4.37. The molecule has 0 bridgehead atoms. The van der Waals surface area contributed by atoms with Gasteiger partial charge in [0.2, 0.25) is 0 Å². The van der Waals surface area contributed by atoms with Crippen molar-refractivity contribution in [2.24, 2.45) is 7.05 Å². The van der Waals surface area contributed by atoms with Crippen molar-refractivity contribution in [1.29, 1.82) is 0 Å². The normalized spacial score (nSPS) is 10.8. The SMILES string of the molecule is CCc1cc(CSc2ccc(N)cc2F)n(C)n1. The smallest absolute Gasteiger partial charge is 0.138 e. The Labute approximate surface area is 110 Å². The topological polar surface area (TPSA) is 43.8 Å². The molecule has 2 aromatic rings. The number of nitrogens with two attached hydrogens (primary N) is 1. The number of aryl methyl sites for hydroxylation is 2. The Morgan fingerprint density at radius 1 is 1.39 bits per heavy atom. The lowest BCUT2D eigenvalue weighted by atomic mass is 10.3. The fourth-order valence-electron chi connectivity index (χ4n) is 1.67. The van der Waals surface area contributed by atoms with E-state index in [1.54, 1.807) is 12.1 Å². The fraction of sp³-hybridized carbons (Fsp3) is 0.308. The number of aromatic nitrogens is 2. The third kappa shape index (κ3) is 2.85. The highest BCUT2D eigenvalue weighted by atomic mass is 32.2. The van der Waals surface area contributed by atoms with Gasteiger partial charge in [0.1, 0.15) is 5.82 Å². The molecule has 0 radical (unpaired) electrons. The quantitative estimate of drug-likeness (QED) is 0.682. The maximum atomic E-state index is 13.6. The summed E-state index contributed by atoms with van der Waals surface area (Å²) in [5.41, 5.74) is 8.12. The zero-order chi connectivity index (χ0) is 13.1. The van der Waals surface area contributed by atoms with Gasteiger partial charge in [-0.1, -0.05) is 6.92 Å². The second-order valence-corrected chi connectivity index (χ2v) is 5.10. The number of hydrogen-bond acceptors (Lipinski definition) is 3. The van der Waals surface area contributed by atoms with Gasteiger partial charge in [-0.3, -0.25) is 4.68 Å². The average molecular weight is 265 g/mol. The van der Waals surface area contributed by atoms with Crippen LogP contribution in [0, 0.1) is 5.82 Å². The predicted octanol–water partition coefficient (Wildman–Crippen LogP) is 3.00. The van der Waals surface area contributed by atoms with Gasteiger partial charge < -0.3 is 5.73 Å². The first-order valence-corrected chi connectivity index (χ1v) is 6.78. The molecule has 0 saturated carbocycles. The predicted molar refractivity (Wildman–Crippen MR) is 73.0 cm³/mol. The molecule has 96 valence electrons. The second kappa shape index (κ2) is 5.44. The minimum atomic E-state index is -0.266. The molecule has 0 aliphatic carbocycles. The molecule has 5 heteroatoms. The summed E-state index contributed by atoms with van der Waals surface area (Å²) in [6.45, 7) is 2.07. The summed E-state index contributed by atoms with van der Waals surface area (Å²) in [4.78, 5) is 0.614. The number of nitrogen functional groups attached to an aromatic ring is 1. The Morgan fingerprint density at radius 2 is 2.17 bits per heavy atom. The van der Waals surface area contributed by atoms with Crippen molar-refractivity contribution < 1.29 is 4.39 Å². The number of nitrogens with zero attached hydrogens (tertiary/aromatic N) is 2. The van der Waals surface area contributed by atoms with Crippen LogP contribution in [0.3, 0.4) is 0 Å². The van der Waals surface area contributed by atoms with E-state index in [0.717, 1.165) is 17.8 Å². The van der Waals surface area contributed by atoms with Crippen LogP contribution in [0.1, 0.15) is 18.3 Å². The number of anilines is 1. The summed E-state index contributed by atoms with van der Waals surface area (Å²) in [6, 6.07) is 6.84. The van der Waals surface area contributed by atoms with Gasteiger partial charge in [0.25, 0.3) is 0 Å². The molecule has 0 spiro atoms. The Hall–Kier alpha value is -1.49. The van der Waals surface area contributed by atoms with Crippen LogP contribution in [0.15, 0.2) is 29.2 Å². The van der Waals surface area contributed by atoms with Crippen LogP contribution in [-0.4, -0.2) is 9.78 Å². The number of thioether (sulfide) groups is 1. The maximum Gasteiger partial charge on any atom is 0.138 e. The molecule has 0 amide bonds. The molecule has 1 aromatic heterocycles. The van der Waals surface area contributed by atoms with Crippen molar-refractivity contribution in [3.8, 4) is 0 Å². The van der Waals surface area contributed by atoms with Crippen LogP contribution in [0.25, 0.3) is 0 Å². The minimum absolute atomic E-state index is 0.266. The monoisotopic (exact) mass is 265 g/mol. The van der Waals surface area contributed by atoms with Gasteiger partial charge >= 0.3 is 0 Å². The largest absolute Gasteiger partial charge is 0.399 e. The van der Waals surface area contributed by atoms with E-state index in [1.165, 1.54) is 17.8 Å². The molecule has 1 heterocycles. The van der Waals surface area contributed by atoms with Crippen molar-refractivity contribution in [2.75, 3.05) is 5.73 Å². The molecule has 2 rings (SSSR count). The molecule has 3 nitrogen and oxygen atoms in total. The van der Waals surface area contributed by atoms with E-state index < -0.39 is 0 Å². The van der Waals surface area contributed by atoms with Crippen molar-refractivity contribution in [3.63, 3.8) is 0 Å². The first-order chi connectivity index (χ1) is 8.60.